The van der Waals surface area contributed by atoms with Crippen LogP contribution in [-0.4, -0.2) is 40.8 Å². The minimum atomic E-state index is -0.598. The van der Waals surface area contributed by atoms with Crippen LogP contribution in [0, 0.1) is 0 Å². The van der Waals surface area contributed by atoms with Gasteiger partial charge in [0.25, 0.3) is 0 Å². The van der Waals surface area contributed by atoms with Crippen molar-refractivity contribution in [1.82, 2.24) is 4.90 Å². The molecule has 0 aromatic heterocycles. The van der Waals surface area contributed by atoms with Crippen molar-refractivity contribution in [2.24, 2.45) is 4.99 Å². The van der Waals surface area contributed by atoms with Gasteiger partial charge in [0.1, 0.15) is 11.0 Å². The fraction of sp³-hybridized carbons (Fsp3) is 0.250. The van der Waals surface area contributed by atoms with Crippen molar-refractivity contribution in [3.8, 4) is 5.75 Å². The Bertz CT molecular complexity index is 930. The fourth-order valence-corrected chi connectivity index (χ4v) is 4.21. The summed E-state index contributed by atoms with van der Waals surface area (Å²) in [6, 6.07) is 12.0. The molecule has 1 aliphatic rings. The maximum absolute atomic E-state index is 12.7. The number of amides is 2. The normalized spacial score (nSPS) is 18.1. The Morgan fingerprint density at radius 3 is 2.52 bits per heavy atom. The highest BCUT2D eigenvalue weighted by atomic mass is 35.5. The minimum absolute atomic E-state index is 0.0827. The molecule has 1 heterocycles. The molecule has 0 saturated carbocycles. The van der Waals surface area contributed by atoms with E-state index in [0.29, 0.717) is 33.2 Å². The molecule has 0 spiro atoms. The van der Waals surface area contributed by atoms with Crippen LogP contribution in [0.15, 0.2) is 47.5 Å². The molecule has 2 aromatic carbocycles. The minimum Gasteiger partial charge on any atom is -0.494 e. The molecule has 1 atom stereocenters. The number of thioether (sulfide) groups is 1. The predicted molar refractivity (Wildman–Crippen MR) is 119 cm³/mol. The van der Waals surface area contributed by atoms with E-state index in [1.54, 1.807) is 49.5 Å². The van der Waals surface area contributed by atoms with E-state index < -0.39 is 5.25 Å². The number of amidine groups is 1. The molecule has 1 saturated heterocycles. The molecule has 2 amide bonds. The van der Waals surface area contributed by atoms with E-state index in [1.807, 2.05) is 6.92 Å². The third-order valence-electron chi connectivity index (χ3n) is 4.07. The first kappa shape index (κ1) is 21.5. The lowest BCUT2D eigenvalue weighted by Crippen LogP contribution is -2.43. The lowest BCUT2D eigenvalue weighted by molar-refractivity contribution is -0.128. The van der Waals surface area contributed by atoms with Crippen molar-refractivity contribution >= 4 is 63.3 Å². The van der Waals surface area contributed by atoms with E-state index in [4.69, 9.17) is 27.9 Å². The molecule has 29 heavy (non-hydrogen) atoms. The van der Waals surface area contributed by atoms with Gasteiger partial charge in [-0.25, -0.2) is 4.99 Å². The van der Waals surface area contributed by atoms with E-state index in [1.165, 1.54) is 16.7 Å². The molecular weight excluding hydrogens is 433 g/mol. The molecule has 3 rings (SSSR count). The number of carbonyl (C=O) groups is 2. The average Bonchev–Trinajstić information content (AvgIpc) is 2.66. The van der Waals surface area contributed by atoms with Gasteiger partial charge in [0.05, 0.1) is 12.3 Å². The zero-order chi connectivity index (χ0) is 21.0. The van der Waals surface area contributed by atoms with Crippen LogP contribution >= 0.6 is 35.0 Å². The number of hydrogen-bond donors (Lipinski definition) is 1. The van der Waals surface area contributed by atoms with Gasteiger partial charge in [-0.2, -0.15) is 0 Å². The largest absolute Gasteiger partial charge is 0.494 e. The highest BCUT2D eigenvalue weighted by Gasteiger charge is 2.34. The summed E-state index contributed by atoms with van der Waals surface area (Å²) in [5, 5.41) is 3.53. The molecule has 0 bridgehead atoms. The van der Waals surface area contributed by atoms with Crippen LogP contribution in [0.3, 0.4) is 0 Å². The summed E-state index contributed by atoms with van der Waals surface area (Å²) in [4.78, 5) is 31.0. The Morgan fingerprint density at radius 2 is 1.90 bits per heavy atom. The number of carbonyl (C=O) groups excluding carboxylic acids is 2. The molecule has 0 aliphatic carbocycles. The summed E-state index contributed by atoms with van der Waals surface area (Å²) in [7, 11) is 1.63. The van der Waals surface area contributed by atoms with Crippen molar-refractivity contribution in [3.63, 3.8) is 0 Å². The van der Waals surface area contributed by atoms with E-state index >= 15 is 0 Å². The van der Waals surface area contributed by atoms with Crippen LogP contribution in [0.1, 0.15) is 13.3 Å². The number of anilines is 1. The number of benzene rings is 2. The lowest BCUT2D eigenvalue weighted by Gasteiger charge is -2.28. The number of aliphatic imine (C=N–C) groups is 1. The van der Waals surface area contributed by atoms with E-state index in [9.17, 15) is 9.59 Å². The van der Waals surface area contributed by atoms with Crippen LogP contribution in [0.4, 0.5) is 11.4 Å². The monoisotopic (exact) mass is 451 g/mol. The molecule has 152 valence electrons. The van der Waals surface area contributed by atoms with Gasteiger partial charge in [0.2, 0.25) is 11.8 Å². The van der Waals surface area contributed by atoms with Crippen molar-refractivity contribution < 1.29 is 14.3 Å². The quantitative estimate of drug-likeness (QED) is 0.695. The van der Waals surface area contributed by atoms with E-state index in [2.05, 4.69) is 10.3 Å². The second-order valence-corrected chi connectivity index (χ2v) is 8.27. The summed E-state index contributed by atoms with van der Waals surface area (Å²) < 4.78 is 5.39. The maximum Gasteiger partial charge on any atom is 0.238 e. The summed E-state index contributed by atoms with van der Waals surface area (Å²) in [5.74, 6) is 0.267. The van der Waals surface area contributed by atoms with Gasteiger partial charge in [0, 0.05) is 29.2 Å². The molecule has 6 nitrogen and oxygen atoms in total. The van der Waals surface area contributed by atoms with Gasteiger partial charge in [-0.15, -0.1) is 0 Å². The van der Waals surface area contributed by atoms with Crippen molar-refractivity contribution in [2.45, 2.75) is 18.6 Å². The first-order chi connectivity index (χ1) is 13.9. The number of halogens is 2. The third kappa shape index (κ3) is 5.65. The SMILES string of the molecule is CCOc1ccc(NC(=O)C2CC(=O)N(C)C(=Nc3cc(Cl)cc(Cl)c3)S2)cc1. The first-order valence-electron chi connectivity index (χ1n) is 8.87. The number of nitrogens with one attached hydrogen (secondary N) is 1. The van der Waals surface area contributed by atoms with Crippen molar-refractivity contribution in [2.75, 3.05) is 19.0 Å². The Hall–Kier alpha value is -2.22. The van der Waals surface area contributed by atoms with Gasteiger partial charge < -0.3 is 10.1 Å². The molecular formula is C20H19Cl2N3O3S. The van der Waals surface area contributed by atoms with Gasteiger partial charge in [-0.3, -0.25) is 14.5 Å². The number of ether oxygens (including phenoxy) is 1. The summed E-state index contributed by atoms with van der Waals surface area (Å²) in [6.07, 6.45) is 0.0827. The molecule has 2 aromatic rings. The standard InChI is InChI=1S/C20H19Cl2N3O3S/c1-3-28-16-6-4-14(5-7-16)23-19(27)17-11-18(26)25(2)20(29-17)24-15-9-12(21)8-13(22)10-15/h4-10,17H,3,11H2,1-2H3,(H,23,27). The maximum atomic E-state index is 12.7. The van der Waals surface area contributed by atoms with Crippen LogP contribution in [-0.2, 0) is 9.59 Å². The molecule has 9 heteroatoms. The summed E-state index contributed by atoms with van der Waals surface area (Å²) in [5.41, 5.74) is 1.14. The van der Waals surface area contributed by atoms with E-state index in [0.717, 1.165) is 5.75 Å². The molecule has 1 fully saturated rings. The zero-order valence-electron chi connectivity index (χ0n) is 15.8. The Kier molecular flexibility index (Phi) is 7.05. The van der Waals surface area contributed by atoms with Crippen LogP contribution < -0.4 is 10.1 Å². The lowest BCUT2D eigenvalue weighted by atomic mass is 10.2. The number of hydrogen-bond acceptors (Lipinski definition) is 5. The second-order valence-electron chi connectivity index (χ2n) is 6.23. The third-order valence-corrected chi connectivity index (χ3v) is 5.74. The topological polar surface area (TPSA) is 71.0 Å². The highest BCUT2D eigenvalue weighted by molar-refractivity contribution is 8.15. The average molecular weight is 452 g/mol. The van der Waals surface area contributed by atoms with Gasteiger partial charge in [-0.05, 0) is 49.4 Å². The van der Waals surface area contributed by atoms with Gasteiger partial charge in [0.15, 0.2) is 5.17 Å². The molecule has 1 aliphatic heterocycles. The van der Waals surface area contributed by atoms with Crippen LogP contribution in [0.2, 0.25) is 10.0 Å². The molecule has 1 N–H and O–H groups in total. The second kappa shape index (κ2) is 9.52. The number of rotatable bonds is 5. The van der Waals surface area contributed by atoms with Crippen molar-refractivity contribution in [3.05, 3.63) is 52.5 Å². The smallest absolute Gasteiger partial charge is 0.238 e. The summed E-state index contributed by atoms with van der Waals surface area (Å²) in [6.45, 7) is 2.47. The predicted octanol–water partition coefficient (Wildman–Crippen LogP) is 4.98. The van der Waals surface area contributed by atoms with Gasteiger partial charge in [-0.1, -0.05) is 35.0 Å². The number of nitrogens with zero attached hydrogens (tertiary/aromatic N) is 2. The molecule has 1 unspecified atom stereocenters. The highest BCUT2D eigenvalue weighted by Crippen LogP contribution is 2.31. The van der Waals surface area contributed by atoms with Crippen LogP contribution in [0.25, 0.3) is 0 Å². The Morgan fingerprint density at radius 1 is 1.24 bits per heavy atom. The Balaban J connectivity index is 1.75. The molecule has 0 radical (unpaired) electrons. The summed E-state index contributed by atoms with van der Waals surface area (Å²) >= 11 is 13.3. The van der Waals surface area contributed by atoms with E-state index in [-0.39, 0.29) is 18.2 Å². The zero-order valence-corrected chi connectivity index (χ0v) is 18.1. The Labute approximate surface area is 183 Å². The first-order valence-corrected chi connectivity index (χ1v) is 10.5. The fourth-order valence-electron chi connectivity index (χ4n) is 2.64. The van der Waals surface area contributed by atoms with Crippen LogP contribution in [0.5, 0.6) is 5.75 Å². The van der Waals surface area contributed by atoms with Crippen molar-refractivity contribution in [1.29, 1.82) is 0 Å². The van der Waals surface area contributed by atoms with Gasteiger partial charge >= 0.3 is 0 Å².